The zero-order valence-electron chi connectivity index (χ0n) is 9.33. The van der Waals surface area contributed by atoms with Crippen LogP contribution >= 0.6 is 0 Å². The Balaban J connectivity index is 2.77. The third kappa shape index (κ3) is 4.07. The first-order valence-corrected chi connectivity index (χ1v) is 5.06. The van der Waals surface area contributed by atoms with Crippen LogP contribution in [0.25, 0.3) is 0 Å². The highest BCUT2D eigenvalue weighted by Crippen LogP contribution is 2.07. The maximum atomic E-state index is 13.2. The molecule has 0 aliphatic heterocycles. The second-order valence-electron chi connectivity index (χ2n) is 3.14. The third-order valence-corrected chi connectivity index (χ3v) is 1.89. The quantitative estimate of drug-likeness (QED) is 0.456. The maximum Gasteiger partial charge on any atom is 0.317 e. The monoisotopic (exact) mass is 234 g/mol. The second kappa shape index (κ2) is 6.44. The molecule has 0 fully saturated rings. The Bertz CT molecular complexity index is 483. The van der Waals surface area contributed by atoms with Gasteiger partial charge in [-0.1, -0.05) is 11.8 Å². The number of halogens is 1. The van der Waals surface area contributed by atoms with Gasteiger partial charge in [-0.2, -0.15) is 0 Å². The molecule has 0 N–H and O–H groups in total. The normalized spacial score (nSPS) is 9.06. The van der Waals surface area contributed by atoms with Gasteiger partial charge < -0.3 is 4.74 Å². The van der Waals surface area contributed by atoms with Gasteiger partial charge in [0.15, 0.2) is 0 Å². The molecule has 1 aromatic carbocycles. The van der Waals surface area contributed by atoms with Crippen LogP contribution in [0, 0.1) is 17.7 Å². The molecule has 0 aliphatic carbocycles. The van der Waals surface area contributed by atoms with Gasteiger partial charge in [0.25, 0.3) is 0 Å². The lowest BCUT2D eigenvalue weighted by atomic mass is 10.1. The number of esters is 1. The summed E-state index contributed by atoms with van der Waals surface area (Å²) in [5.41, 5.74) is 0.436. The molecule has 0 aromatic heterocycles. The first-order valence-electron chi connectivity index (χ1n) is 5.06. The molecule has 0 unspecified atom stereocenters. The molecule has 0 spiro atoms. The zero-order valence-corrected chi connectivity index (χ0v) is 9.33. The van der Waals surface area contributed by atoms with Gasteiger partial charge in [-0.3, -0.25) is 9.59 Å². The van der Waals surface area contributed by atoms with Crippen LogP contribution in [0.4, 0.5) is 4.39 Å². The van der Waals surface area contributed by atoms with Gasteiger partial charge in [0.2, 0.25) is 0 Å². The van der Waals surface area contributed by atoms with Crippen LogP contribution in [0.1, 0.15) is 29.3 Å². The van der Waals surface area contributed by atoms with Crippen molar-refractivity contribution in [1.82, 2.24) is 0 Å². The summed E-state index contributed by atoms with van der Waals surface area (Å²) >= 11 is 0. The highest BCUT2D eigenvalue weighted by atomic mass is 19.1. The maximum absolute atomic E-state index is 13.2. The van der Waals surface area contributed by atoms with Crippen LogP contribution < -0.4 is 0 Å². The van der Waals surface area contributed by atoms with Gasteiger partial charge in [0.05, 0.1) is 12.2 Å². The minimum atomic E-state index is -0.521. The van der Waals surface area contributed by atoms with Crippen molar-refractivity contribution in [3.8, 4) is 11.8 Å². The summed E-state index contributed by atoms with van der Waals surface area (Å²) in [4.78, 5) is 21.5. The van der Waals surface area contributed by atoms with E-state index in [0.717, 1.165) is 6.07 Å². The molecule has 3 nitrogen and oxygen atoms in total. The summed E-state index contributed by atoms with van der Waals surface area (Å²) < 4.78 is 17.9. The number of aldehydes is 1. The average Bonchev–Trinajstić information content (AvgIpc) is 2.32. The molecule has 0 saturated heterocycles. The van der Waals surface area contributed by atoms with Crippen LogP contribution in [0.3, 0.4) is 0 Å². The molecular formula is C13H11FO3. The summed E-state index contributed by atoms with van der Waals surface area (Å²) in [6.07, 6.45) is 0.508. The Labute approximate surface area is 98.6 Å². The third-order valence-electron chi connectivity index (χ3n) is 1.89. The number of carbonyl (C=O) groups excluding carboxylic acids is 2. The Hall–Kier alpha value is -2.15. The Morgan fingerprint density at radius 1 is 1.53 bits per heavy atom. The molecule has 1 aromatic rings. The van der Waals surface area contributed by atoms with Gasteiger partial charge in [-0.25, -0.2) is 4.39 Å². The van der Waals surface area contributed by atoms with E-state index in [4.69, 9.17) is 0 Å². The van der Waals surface area contributed by atoms with E-state index in [9.17, 15) is 14.0 Å². The fourth-order valence-electron chi connectivity index (χ4n) is 1.14. The van der Waals surface area contributed by atoms with Gasteiger partial charge in [0.1, 0.15) is 18.5 Å². The summed E-state index contributed by atoms with van der Waals surface area (Å²) in [5, 5.41) is 0. The van der Waals surface area contributed by atoms with Crippen molar-refractivity contribution in [1.29, 1.82) is 0 Å². The predicted octanol–water partition coefficient (Wildman–Crippen LogP) is 1.94. The molecule has 88 valence electrons. The van der Waals surface area contributed by atoms with Gasteiger partial charge in [0, 0.05) is 5.56 Å². The average molecular weight is 234 g/mol. The van der Waals surface area contributed by atoms with E-state index in [2.05, 4.69) is 16.6 Å². The SMILES string of the molecule is CCOC(=O)CC#Cc1cc(C=O)ccc1F. The van der Waals surface area contributed by atoms with Gasteiger partial charge >= 0.3 is 5.97 Å². The Morgan fingerprint density at radius 3 is 2.94 bits per heavy atom. The van der Waals surface area contributed by atoms with E-state index in [1.807, 2.05) is 0 Å². The molecule has 0 saturated carbocycles. The first-order chi connectivity index (χ1) is 8.17. The van der Waals surface area contributed by atoms with Crippen molar-refractivity contribution in [2.24, 2.45) is 0 Å². The predicted molar refractivity (Wildman–Crippen MR) is 59.9 cm³/mol. The smallest absolute Gasteiger partial charge is 0.317 e. The molecular weight excluding hydrogens is 223 g/mol. The van der Waals surface area contributed by atoms with Crippen LogP contribution in [0.2, 0.25) is 0 Å². The highest BCUT2D eigenvalue weighted by molar-refractivity contribution is 5.76. The summed E-state index contributed by atoms with van der Waals surface area (Å²) in [5.74, 6) is 4.02. The number of hydrogen-bond donors (Lipinski definition) is 0. The van der Waals surface area contributed by atoms with Gasteiger partial charge in [-0.15, -0.1) is 0 Å². The number of benzene rings is 1. The van der Waals surface area contributed by atoms with E-state index in [1.54, 1.807) is 6.92 Å². The fourth-order valence-corrected chi connectivity index (χ4v) is 1.14. The van der Waals surface area contributed by atoms with Crippen molar-refractivity contribution in [2.45, 2.75) is 13.3 Å². The molecule has 0 bridgehead atoms. The lowest BCUT2D eigenvalue weighted by molar-refractivity contribution is -0.141. The van der Waals surface area contributed by atoms with Crippen molar-refractivity contribution in [3.63, 3.8) is 0 Å². The minimum Gasteiger partial charge on any atom is -0.465 e. The second-order valence-corrected chi connectivity index (χ2v) is 3.14. The molecule has 4 heteroatoms. The number of carbonyl (C=O) groups is 2. The fraction of sp³-hybridized carbons (Fsp3) is 0.231. The van der Waals surface area contributed by atoms with Crippen LogP contribution in [0.5, 0.6) is 0 Å². The Kier molecular flexibility index (Phi) is 4.89. The van der Waals surface area contributed by atoms with Crippen molar-refractivity contribution in [2.75, 3.05) is 6.61 Å². The molecule has 1 rings (SSSR count). The minimum absolute atomic E-state index is 0.0962. The van der Waals surface area contributed by atoms with E-state index in [-0.39, 0.29) is 18.6 Å². The lowest BCUT2D eigenvalue weighted by Crippen LogP contribution is -2.01. The van der Waals surface area contributed by atoms with E-state index < -0.39 is 11.8 Å². The molecule has 17 heavy (non-hydrogen) atoms. The molecule has 0 radical (unpaired) electrons. The highest BCUT2D eigenvalue weighted by Gasteiger charge is 2.01. The summed E-state index contributed by atoms with van der Waals surface area (Å²) in [6.45, 7) is 1.98. The molecule has 0 amide bonds. The zero-order chi connectivity index (χ0) is 12.7. The van der Waals surface area contributed by atoms with E-state index >= 15 is 0 Å². The Morgan fingerprint density at radius 2 is 2.29 bits per heavy atom. The molecule has 0 aliphatic rings. The lowest BCUT2D eigenvalue weighted by Gasteiger charge is -1.96. The number of rotatable bonds is 3. The van der Waals surface area contributed by atoms with E-state index in [1.165, 1.54) is 12.1 Å². The van der Waals surface area contributed by atoms with Crippen LogP contribution in [-0.4, -0.2) is 18.9 Å². The largest absolute Gasteiger partial charge is 0.465 e. The topological polar surface area (TPSA) is 43.4 Å². The standard InChI is InChI=1S/C13H11FO3/c1-2-17-13(16)5-3-4-11-8-10(9-15)6-7-12(11)14/h6-9H,2,5H2,1H3. The summed E-state index contributed by atoms with van der Waals surface area (Å²) in [6, 6.07) is 3.86. The molecule has 0 heterocycles. The van der Waals surface area contributed by atoms with Crippen LogP contribution in [0.15, 0.2) is 18.2 Å². The summed E-state index contributed by atoms with van der Waals surface area (Å²) in [7, 11) is 0. The molecule has 0 atom stereocenters. The number of ether oxygens (including phenoxy) is 1. The van der Waals surface area contributed by atoms with Crippen molar-refractivity contribution in [3.05, 3.63) is 35.1 Å². The number of hydrogen-bond acceptors (Lipinski definition) is 3. The van der Waals surface area contributed by atoms with Gasteiger partial charge in [-0.05, 0) is 25.1 Å². The van der Waals surface area contributed by atoms with Crippen LogP contribution in [-0.2, 0) is 9.53 Å². The van der Waals surface area contributed by atoms with E-state index in [0.29, 0.717) is 11.8 Å². The van der Waals surface area contributed by atoms with Crippen molar-refractivity contribution >= 4 is 12.3 Å². The first kappa shape index (κ1) is 12.9. The van der Waals surface area contributed by atoms with Crippen molar-refractivity contribution < 1.29 is 18.7 Å².